The lowest BCUT2D eigenvalue weighted by Gasteiger charge is -2.44. The number of hydrogen-bond acceptors (Lipinski definition) is 3. The Labute approximate surface area is 227 Å². The van der Waals surface area contributed by atoms with Crippen molar-refractivity contribution in [2.75, 3.05) is 13.5 Å². The van der Waals surface area contributed by atoms with Gasteiger partial charge in [0.15, 0.2) is 0 Å². The number of rotatable bonds is 4. The Balaban J connectivity index is 0.00000109. The van der Waals surface area contributed by atoms with E-state index in [9.17, 15) is 9.90 Å². The van der Waals surface area contributed by atoms with Crippen molar-refractivity contribution in [1.82, 2.24) is 0 Å². The predicted octanol–water partition coefficient (Wildman–Crippen LogP) is 8.92. The molecule has 0 aliphatic heterocycles. The molecule has 4 unspecified atom stereocenters. The van der Waals surface area contributed by atoms with Gasteiger partial charge in [-0.05, 0) is 89.8 Å². The summed E-state index contributed by atoms with van der Waals surface area (Å²) in [6.45, 7) is 8.76. The van der Waals surface area contributed by atoms with E-state index in [0.29, 0.717) is 11.8 Å². The van der Waals surface area contributed by atoms with Crippen LogP contribution in [0.3, 0.4) is 0 Å². The molecule has 0 saturated heterocycles. The first-order valence-electron chi connectivity index (χ1n) is 12.8. The molecule has 2 aliphatic carbocycles. The molecule has 1 N–H and O–H groups in total. The Bertz CT molecular complexity index is 1030. The van der Waals surface area contributed by atoms with Crippen LogP contribution in [0, 0.1) is 23.7 Å². The van der Waals surface area contributed by atoms with Crippen LogP contribution in [0.5, 0.6) is 5.75 Å². The van der Waals surface area contributed by atoms with Gasteiger partial charge in [0.2, 0.25) is 0 Å². The third-order valence-corrected chi connectivity index (χ3v) is 7.28. The summed E-state index contributed by atoms with van der Waals surface area (Å²) < 4.78 is 4.68. The van der Waals surface area contributed by atoms with E-state index in [1.54, 1.807) is 23.8 Å². The molecule has 2 fully saturated rings. The van der Waals surface area contributed by atoms with E-state index in [2.05, 4.69) is 42.3 Å². The number of ether oxygens (including phenoxy) is 1. The van der Waals surface area contributed by atoms with Crippen molar-refractivity contribution in [2.45, 2.75) is 53.4 Å². The molecule has 2 aliphatic rings. The van der Waals surface area contributed by atoms with E-state index in [-0.39, 0.29) is 10.8 Å². The smallest absolute Gasteiger partial charge is 0.349 e. The minimum absolute atomic E-state index is 0.0560. The van der Waals surface area contributed by atoms with Gasteiger partial charge in [-0.3, -0.25) is 0 Å². The minimum Gasteiger partial charge on any atom is -0.508 e. The summed E-state index contributed by atoms with van der Waals surface area (Å²) in [5.41, 5.74) is 5.97. The Morgan fingerprint density at radius 2 is 1.47 bits per heavy atom. The SMILES string of the molecule is CC.CCl.COC(=O)/C(Cl)=C/c1ccc(/C(=C2/C(C)CC3CC(C)CC2C3)c2ccc(O)cc2)cc1. The van der Waals surface area contributed by atoms with Gasteiger partial charge in [0.05, 0.1) is 7.11 Å². The van der Waals surface area contributed by atoms with E-state index >= 15 is 0 Å². The average Bonchev–Trinajstić information content (AvgIpc) is 2.89. The third kappa shape index (κ3) is 7.40. The zero-order valence-electron chi connectivity index (χ0n) is 22.4. The summed E-state index contributed by atoms with van der Waals surface area (Å²) in [6.07, 6.45) is 8.22. The highest BCUT2D eigenvalue weighted by Gasteiger charge is 2.38. The van der Waals surface area contributed by atoms with Gasteiger partial charge in [-0.15, -0.1) is 11.6 Å². The zero-order chi connectivity index (χ0) is 26.8. The lowest BCUT2D eigenvalue weighted by atomic mass is 9.61. The number of aromatic hydroxyl groups is 1. The normalized spacial score (nSPS) is 24.4. The molecule has 0 heterocycles. The van der Waals surface area contributed by atoms with Crippen LogP contribution in [0.15, 0.2) is 59.1 Å². The van der Waals surface area contributed by atoms with E-state index in [4.69, 9.17) is 11.6 Å². The van der Waals surface area contributed by atoms with Gasteiger partial charge in [0, 0.05) is 6.38 Å². The van der Waals surface area contributed by atoms with Gasteiger partial charge < -0.3 is 9.84 Å². The number of methoxy groups -OCH3 is 1. The number of hydrogen-bond donors (Lipinski definition) is 1. The fraction of sp³-hybridized carbons (Fsp3) is 0.452. The first-order valence-corrected chi connectivity index (χ1v) is 14.0. The molecule has 2 saturated carbocycles. The van der Waals surface area contributed by atoms with Crippen LogP contribution in [0.4, 0.5) is 0 Å². The molecule has 5 heteroatoms. The highest BCUT2D eigenvalue weighted by Crippen LogP contribution is 2.51. The summed E-state index contributed by atoms with van der Waals surface area (Å²) in [6, 6.07) is 15.8. The molecule has 0 spiro atoms. The standard InChI is InChI=1S/C28H31ClO3.C2H6.CH3Cl/c1-17-12-20-14-18(2)26(23(13-17)15-20)27(22-8-10-24(30)11-9-22)21-6-4-19(5-7-21)16-25(29)28(31)32-3;2*1-2/h4-11,16-18,20,23,30H,12-15H2,1-3H3;1-2H3;1H3/b25-16-,27-26+;;. The van der Waals surface area contributed by atoms with Crippen molar-refractivity contribution in [2.24, 2.45) is 23.7 Å². The first kappa shape index (κ1) is 30.0. The predicted molar refractivity (Wildman–Crippen MR) is 153 cm³/mol. The molecular formula is C31H40Cl2O3. The molecular weight excluding hydrogens is 491 g/mol. The fourth-order valence-corrected chi connectivity index (χ4v) is 6.05. The average molecular weight is 532 g/mol. The molecule has 0 aromatic heterocycles. The van der Waals surface area contributed by atoms with Crippen LogP contribution in [0.2, 0.25) is 0 Å². The molecule has 36 heavy (non-hydrogen) atoms. The molecule has 0 radical (unpaired) electrons. The molecule has 196 valence electrons. The third-order valence-electron chi connectivity index (χ3n) is 7.02. The number of carbonyl (C=O) groups is 1. The minimum atomic E-state index is -0.542. The molecule has 0 amide bonds. The number of fused-ring (bicyclic) bond motifs is 2. The number of phenols is 1. The quantitative estimate of drug-likeness (QED) is 0.243. The summed E-state index contributed by atoms with van der Waals surface area (Å²) in [4.78, 5) is 11.6. The van der Waals surface area contributed by atoms with Crippen molar-refractivity contribution in [1.29, 1.82) is 0 Å². The highest BCUT2D eigenvalue weighted by molar-refractivity contribution is 6.43. The Morgan fingerprint density at radius 3 is 2.03 bits per heavy atom. The van der Waals surface area contributed by atoms with Crippen LogP contribution in [0.25, 0.3) is 11.6 Å². The van der Waals surface area contributed by atoms with Gasteiger partial charge in [0.25, 0.3) is 0 Å². The van der Waals surface area contributed by atoms with Gasteiger partial charge in [-0.25, -0.2) is 4.79 Å². The largest absolute Gasteiger partial charge is 0.508 e. The topological polar surface area (TPSA) is 46.5 Å². The number of esters is 1. The number of halogens is 2. The van der Waals surface area contributed by atoms with Gasteiger partial charge in [0.1, 0.15) is 10.8 Å². The first-order chi connectivity index (χ1) is 17.4. The molecule has 3 nitrogen and oxygen atoms in total. The maximum absolute atomic E-state index is 11.6. The van der Waals surface area contributed by atoms with E-state index in [1.165, 1.54) is 44.7 Å². The lowest BCUT2D eigenvalue weighted by molar-refractivity contribution is -0.135. The number of carbonyl (C=O) groups excluding carboxylic acids is 1. The second-order valence-electron chi connectivity index (χ2n) is 9.50. The van der Waals surface area contributed by atoms with E-state index < -0.39 is 5.97 Å². The Kier molecular flexibility index (Phi) is 12.1. The van der Waals surface area contributed by atoms with Crippen molar-refractivity contribution in [3.8, 4) is 5.75 Å². The number of phenolic OH excluding ortho intramolecular Hbond substituents is 1. The van der Waals surface area contributed by atoms with E-state index in [1.807, 2.05) is 38.1 Å². The Hall–Kier alpha value is -2.23. The van der Waals surface area contributed by atoms with Crippen LogP contribution >= 0.6 is 23.2 Å². The summed E-state index contributed by atoms with van der Waals surface area (Å²) >= 11 is 10.7. The lowest BCUT2D eigenvalue weighted by Crippen LogP contribution is -2.32. The van der Waals surface area contributed by atoms with E-state index in [0.717, 1.165) is 28.5 Å². The van der Waals surface area contributed by atoms with Gasteiger partial charge in [-0.2, -0.15) is 0 Å². The number of alkyl halides is 1. The van der Waals surface area contributed by atoms with Gasteiger partial charge >= 0.3 is 5.97 Å². The summed E-state index contributed by atoms with van der Waals surface area (Å²) in [5, 5.41) is 9.92. The molecule has 2 bridgehead atoms. The maximum Gasteiger partial charge on any atom is 0.349 e. The molecule has 4 atom stereocenters. The van der Waals surface area contributed by atoms with Gasteiger partial charge in [-0.1, -0.05) is 81.3 Å². The molecule has 4 rings (SSSR count). The molecule has 2 aromatic rings. The van der Waals surface area contributed by atoms with Crippen molar-refractivity contribution >= 4 is 40.8 Å². The van der Waals surface area contributed by atoms with Crippen molar-refractivity contribution in [3.05, 3.63) is 75.8 Å². The zero-order valence-corrected chi connectivity index (χ0v) is 23.9. The van der Waals surface area contributed by atoms with Crippen molar-refractivity contribution in [3.63, 3.8) is 0 Å². The van der Waals surface area contributed by atoms with Crippen LogP contribution < -0.4 is 0 Å². The fourth-order valence-electron chi connectivity index (χ4n) is 5.85. The van der Waals surface area contributed by atoms with Crippen LogP contribution in [0.1, 0.15) is 70.1 Å². The molecule has 2 aromatic carbocycles. The monoisotopic (exact) mass is 530 g/mol. The van der Waals surface area contributed by atoms with Crippen molar-refractivity contribution < 1.29 is 14.6 Å². The van der Waals surface area contributed by atoms with Crippen LogP contribution in [-0.4, -0.2) is 24.6 Å². The highest BCUT2D eigenvalue weighted by atomic mass is 35.5. The number of benzene rings is 2. The Morgan fingerprint density at radius 1 is 0.917 bits per heavy atom. The second kappa shape index (κ2) is 14.5. The summed E-state index contributed by atoms with van der Waals surface area (Å²) in [7, 11) is 1.32. The number of allylic oxidation sites excluding steroid dienone is 1. The second-order valence-corrected chi connectivity index (χ2v) is 9.90. The summed E-state index contributed by atoms with van der Waals surface area (Å²) in [5.74, 6) is 2.46. The maximum atomic E-state index is 11.6. The van der Waals surface area contributed by atoms with Crippen LogP contribution in [-0.2, 0) is 9.53 Å².